The van der Waals surface area contributed by atoms with Gasteiger partial charge in [-0.15, -0.1) is 0 Å². The lowest BCUT2D eigenvalue weighted by molar-refractivity contribution is -0.137. The van der Waals surface area contributed by atoms with Gasteiger partial charge in [0.1, 0.15) is 0 Å². The van der Waals surface area contributed by atoms with E-state index in [4.69, 9.17) is 0 Å². The molecular formula is C25H29F3N4O2S. The minimum atomic E-state index is -4.53. The summed E-state index contributed by atoms with van der Waals surface area (Å²) >= 11 is 4.06. The molecule has 2 aromatic rings. The van der Waals surface area contributed by atoms with Gasteiger partial charge in [0.05, 0.1) is 18.2 Å². The molecule has 0 aromatic heterocycles. The number of halogens is 3. The van der Waals surface area contributed by atoms with E-state index in [1.807, 2.05) is 12.1 Å². The second kappa shape index (κ2) is 10.9. The zero-order valence-corrected chi connectivity index (χ0v) is 20.0. The molecule has 3 N–H and O–H groups in total. The predicted molar refractivity (Wildman–Crippen MR) is 131 cm³/mol. The molecule has 0 atom stereocenters. The first-order valence-electron chi connectivity index (χ1n) is 11.7. The van der Waals surface area contributed by atoms with Gasteiger partial charge in [0.2, 0.25) is 5.91 Å². The Labute approximate surface area is 208 Å². The Morgan fingerprint density at radius 3 is 2.31 bits per heavy atom. The third-order valence-electron chi connectivity index (χ3n) is 6.86. The van der Waals surface area contributed by atoms with Crippen LogP contribution in [0.3, 0.4) is 0 Å². The molecule has 2 aromatic carbocycles. The Balaban J connectivity index is 1.15. The van der Waals surface area contributed by atoms with Gasteiger partial charge in [0.15, 0.2) is 0 Å². The number of likely N-dealkylation sites (tertiary alicyclic amines) is 1. The average Bonchev–Trinajstić information content (AvgIpc) is 2.84. The van der Waals surface area contributed by atoms with Crippen molar-refractivity contribution in [2.45, 2.75) is 49.9 Å². The molecule has 35 heavy (non-hydrogen) atoms. The van der Waals surface area contributed by atoms with E-state index in [1.165, 1.54) is 17.7 Å². The van der Waals surface area contributed by atoms with Crippen LogP contribution in [0.2, 0.25) is 0 Å². The number of amides is 2. The van der Waals surface area contributed by atoms with E-state index < -0.39 is 17.6 Å². The number of hydrogen-bond donors (Lipinski definition) is 4. The zero-order valence-electron chi connectivity index (χ0n) is 19.1. The molecule has 1 saturated heterocycles. The number of nitrogens with one attached hydrogen (secondary N) is 3. The normalized spacial score (nSPS) is 21.1. The van der Waals surface area contributed by atoms with E-state index in [2.05, 4.69) is 45.2 Å². The second-order valence-corrected chi connectivity index (χ2v) is 9.44. The Kier molecular flexibility index (Phi) is 7.91. The van der Waals surface area contributed by atoms with Gasteiger partial charge >= 0.3 is 6.18 Å². The molecule has 188 valence electrons. The molecule has 0 bridgehead atoms. The van der Waals surface area contributed by atoms with Crippen LogP contribution in [0.25, 0.3) is 0 Å². The van der Waals surface area contributed by atoms with Crippen molar-refractivity contribution in [3.63, 3.8) is 0 Å². The van der Waals surface area contributed by atoms with Crippen LogP contribution in [0.15, 0.2) is 48.5 Å². The van der Waals surface area contributed by atoms with Crippen LogP contribution in [-0.4, -0.2) is 48.4 Å². The highest BCUT2D eigenvalue weighted by molar-refractivity contribution is 7.81. The van der Waals surface area contributed by atoms with E-state index in [1.54, 1.807) is 0 Å². The summed E-state index contributed by atoms with van der Waals surface area (Å²) < 4.78 is 41.3. The van der Waals surface area contributed by atoms with Crippen molar-refractivity contribution < 1.29 is 22.8 Å². The lowest BCUT2D eigenvalue weighted by atomic mass is 9.80. The van der Waals surface area contributed by atoms with Crippen LogP contribution in [-0.2, 0) is 11.0 Å². The third-order valence-corrected chi connectivity index (χ3v) is 7.12. The van der Waals surface area contributed by atoms with Crippen LogP contribution in [0.1, 0.15) is 53.1 Å². The molecule has 0 unspecified atom stereocenters. The van der Waals surface area contributed by atoms with Gasteiger partial charge in [-0.2, -0.15) is 13.2 Å². The molecule has 6 nitrogen and oxygen atoms in total. The lowest BCUT2D eigenvalue weighted by Crippen LogP contribution is -2.63. The molecule has 1 heterocycles. The van der Waals surface area contributed by atoms with Crippen molar-refractivity contribution >= 4 is 30.3 Å². The van der Waals surface area contributed by atoms with Crippen LogP contribution in [0.4, 0.5) is 18.9 Å². The fourth-order valence-corrected chi connectivity index (χ4v) is 5.03. The highest BCUT2D eigenvalue weighted by atomic mass is 32.1. The number of rotatable bonds is 7. The van der Waals surface area contributed by atoms with Crippen LogP contribution in [0.5, 0.6) is 0 Å². The summed E-state index contributed by atoms with van der Waals surface area (Å²) in [6.45, 7) is 1.26. The van der Waals surface area contributed by atoms with Crippen LogP contribution in [0, 0.1) is 0 Å². The first-order valence-corrected chi connectivity index (χ1v) is 12.2. The zero-order chi connectivity index (χ0) is 25.0. The summed E-state index contributed by atoms with van der Waals surface area (Å²) in [5.41, 5.74) is 1.31. The smallest absolute Gasteiger partial charge is 0.349 e. The molecular weight excluding hydrogens is 477 g/mol. The summed E-state index contributed by atoms with van der Waals surface area (Å²) in [6.07, 6.45) is -0.0326. The number of benzene rings is 2. The number of thiol groups is 1. The predicted octanol–water partition coefficient (Wildman–Crippen LogP) is 4.22. The van der Waals surface area contributed by atoms with E-state index in [0.29, 0.717) is 12.0 Å². The number of anilines is 1. The van der Waals surface area contributed by atoms with E-state index in [-0.39, 0.29) is 24.1 Å². The van der Waals surface area contributed by atoms with Gasteiger partial charge in [-0.1, -0.05) is 31.0 Å². The summed E-state index contributed by atoms with van der Waals surface area (Å²) in [5.74, 6) is -0.495. The molecule has 1 saturated carbocycles. The van der Waals surface area contributed by atoms with Crippen molar-refractivity contribution in [1.29, 1.82) is 0 Å². The van der Waals surface area contributed by atoms with Crippen molar-refractivity contribution in [1.82, 2.24) is 15.5 Å². The van der Waals surface area contributed by atoms with Gasteiger partial charge in [-0.25, -0.2) is 0 Å². The van der Waals surface area contributed by atoms with Crippen molar-refractivity contribution in [2.24, 2.45) is 0 Å². The van der Waals surface area contributed by atoms with Crippen LogP contribution >= 0.6 is 12.8 Å². The number of nitrogens with zero attached hydrogens (tertiary/aromatic N) is 1. The van der Waals surface area contributed by atoms with Gasteiger partial charge in [-0.05, 0) is 67.5 Å². The molecule has 2 amide bonds. The molecule has 2 aliphatic rings. The fourth-order valence-electron chi connectivity index (χ4n) is 4.88. The summed E-state index contributed by atoms with van der Waals surface area (Å²) in [5, 5.41) is 5.28. The van der Waals surface area contributed by atoms with Crippen molar-refractivity contribution in [2.75, 3.05) is 24.4 Å². The van der Waals surface area contributed by atoms with E-state index in [9.17, 15) is 22.8 Å². The summed E-state index contributed by atoms with van der Waals surface area (Å²) in [6, 6.07) is 13.1. The quantitative estimate of drug-likeness (QED) is 0.425. The third kappa shape index (κ3) is 6.49. The highest BCUT2D eigenvalue weighted by Gasteiger charge is 2.35. The summed E-state index contributed by atoms with van der Waals surface area (Å²) in [4.78, 5) is 26.7. The minimum absolute atomic E-state index is 0.0203. The lowest BCUT2D eigenvalue weighted by Gasteiger charge is -2.46. The fraction of sp³-hybridized carbons (Fsp3) is 0.440. The maximum atomic E-state index is 12.8. The Morgan fingerprint density at radius 2 is 1.69 bits per heavy atom. The number of carbonyl (C=O) groups is 2. The maximum Gasteiger partial charge on any atom is 0.416 e. The van der Waals surface area contributed by atoms with Gasteiger partial charge in [-0.3, -0.25) is 14.5 Å². The SMILES string of the molecule is O=C(CNC(=O)c1cccc(C(F)(F)F)c1)NC1CN(C2CCC(c3ccc(NS)cc3)CC2)C1. The second-order valence-electron chi connectivity index (χ2n) is 9.22. The molecule has 1 aliphatic heterocycles. The van der Waals surface area contributed by atoms with E-state index >= 15 is 0 Å². The molecule has 4 rings (SSSR count). The Bertz CT molecular complexity index is 1030. The largest absolute Gasteiger partial charge is 0.416 e. The first-order chi connectivity index (χ1) is 16.7. The average molecular weight is 507 g/mol. The molecule has 0 spiro atoms. The van der Waals surface area contributed by atoms with Gasteiger partial charge in [0, 0.05) is 30.4 Å². The molecule has 1 aliphatic carbocycles. The number of hydrogen-bond acceptors (Lipinski definition) is 5. The Hall–Kier alpha value is -2.72. The maximum absolute atomic E-state index is 12.8. The number of alkyl halides is 3. The summed E-state index contributed by atoms with van der Waals surface area (Å²) in [7, 11) is 0. The van der Waals surface area contributed by atoms with Crippen LogP contribution < -0.4 is 15.4 Å². The van der Waals surface area contributed by atoms with Gasteiger partial charge < -0.3 is 15.4 Å². The molecule has 2 fully saturated rings. The highest BCUT2D eigenvalue weighted by Crippen LogP contribution is 2.36. The molecule has 10 heteroatoms. The monoisotopic (exact) mass is 506 g/mol. The Morgan fingerprint density at radius 1 is 1.00 bits per heavy atom. The minimum Gasteiger partial charge on any atom is -0.349 e. The van der Waals surface area contributed by atoms with Gasteiger partial charge in [0.25, 0.3) is 5.91 Å². The number of carbonyl (C=O) groups excluding carboxylic acids is 2. The van der Waals surface area contributed by atoms with E-state index in [0.717, 1.165) is 56.6 Å². The van der Waals surface area contributed by atoms with Crippen molar-refractivity contribution in [3.05, 3.63) is 65.2 Å². The topological polar surface area (TPSA) is 73.5 Å². The standard InChI is InChI=1S/C25H29F3N4O2S/c26-25(27,28)19-3-1-2-18(12-19)24(34)29-13-23(33)30-21-14-32(15-21)22-10-6-17(7-11-22)16-4-8-20(31-35)9-5-16/h1-5,8-9,12,17,21-22,31,35H,6-7,10-11,13-15H2,(H,29,34)(H,30,33). The first kappa shape index (κ1) is 25.4. The molecule has 0 radical (unpaired) electrons. The van der Waals surface area contributed by atoms with Crippen molar-refractivity contribution in [3.8, 4) is 0 Å².